The van der Waals surface area contributed by atoms with E-state index in [4.69, 9.17) is 0 Å². The van der Waals surface area contributed by atoms with Crippen LogP contribution in [0.25, 0.3) is 44.9 Å². The van der Waals surface area contributed by atoms with Crippen LogP contribution >= 0.6 is 0 Å². The van der Waals surface area contributed by atoms with E-state index in [2.05, 4.69) is 9.97 Å². The topological polar surface area (TPSA) is 123 Å². The summed E-state index contributed by atoms with van der Waals surface area (Å²) in [5, 5.41) is 20.7. The number of carbonyl (C=O) groups is 1. The van der Waals surface area contributed by atoms with Gasteiger partial charge in [-0.15, -0.1) is 0 Å². The number of nitrogens with one attached hydrogen (secondary N) is 2. The highest BCUT2D eigenvalue weighted by atomic mass is 16.4. The molecule has 1 aliphatic rings. The molecule has 154 valence electrons. The highest BCUT2D eigenvalue weighted by Gasteiger charge is 2.34. The first-order valence-corrected chi connectivity index (χ1v) is 9.72. The lowest BCUT2D eigenvalue weighted by Crippen LogP contribution is -2.35. The van der Waals surface area contributed by atoms with Crippen molar-refractivity contribution in [2.45, 2.75) is 13.0 Å². The van der Waals surface area contributed by atoms with Crippen LogP contribution in [0.15, 0.2) is 58.1 Å². The molecule has 2 unspecified atom stereocenters. The van der Waals surface area contributed by atoms with E-state index in [1.807, 2.05) is 12.1 Å². The normalized spacial score (nSPS) is 18.9. The van der Waals surface area contributed by atoms with Gasteiger partial charge in [-0.3, -0.25) is 9.59 Å². The molecule has 4 N–H and O–H groups in total. The largest absolute Gasteiger partial charge is 0.479 e. The lowest BCUT2D eigenvalue weighted by atomic mass is 9.83. The third-order valence-corrected chi connectivity index (χ3v) is 5.93. The summed E-state index contributed by atoms with van der Waals surface area (Å²) in [6.45, 7) is 1.58. The van der Waals surface area contributed by atoms with Gasteiger partial charge >= 0.3 is 5.97 Å². The predicted octanol–water partition coefficient (Wildman–Crippen LogP) is 3.01. The number of hydrogen-bond acceptors (Lipinski definition) is 4. The van der Waals surface area contributed by atoms with E-state index in [-0.39, 0.29) is 10.9 Å². The second-order valence-corrected chi connectivity index (χ2v) is 8.00. The molecular formula is C24H18N2O5. The molecule has 0 bridgehead atoms. The smallest absolute Gasteiger partial charge is 0.333 e. The fourth-order valence-electron chi connectivity index (χ4n) is 4.07. The Morgan fingerprint density at radius 2 is 1.55 bits per heavy atom. The average Bonchev–Trinajstić information content (AvgIpc) is 2.93. The van der Waals surface area contributed by atoms with E-state index in [0.29, 0.717) is 44.0 Å². The van der Waals surface area contributed by atoms with Crippen LogP contribution in [0.3, 0.4) is 0 Å². The van der Waals surface area contributed by atoms with E-state index in [1.165, 1.54) is 12.2 Å². The summed E-state index contributed by atoms with van der Waals surface area (Å²) in [6, 6.07) is 10.5. The Balaban J connectivity index is 1.79. The molecule has 0 aliphatic heterocycles. The van der Waals surface area contributed by atoms with Gasteiger partial charge in [0.25, 0.3) is 0 Å². The first-order chi connectivity index (χ1) is 14.8. The molecule has 2 aromatic carbocycles. The number of carboxylic acid groups (broad SMARTS) is 1. The third-order valence-electron chi connectivity index (χ3n) is 5.93. The zero-order chi connectivity index (χ0) is 21.9. The van der Waals surface area contributed by atoms with Crippen LogP contribution in [0, 0.1) is 5.41 Å². The van der Waals surface area contributed by atoms with Crippen molar-refractivity contribution in [1.29, 1.82) is 0 Å². The van der Waals surface area contributed by atoms with Crippen LogP contribution in [0.2, 0.25) is 0 Å². The minimum atomic E-state index is -1.66. The van der Waals surface area contributed by atoms with Crippen molar-refractivity contribution in [2.24, 2.45) is 5.41 Å². The first kappa shape index (κ1) is 19.0. The van der Waals surface area contributed by atoms with Crippen LogP contribution in [0.1, 0.15) is 18.2 Å². The fourth-order valence-corrected chi connectivity index (χ4v) is 4.07. The summed E-state index contributed by atoms with van der Waals surface area (Å²) >= 11 is 0. The Kier molecular flexibility index (Phi) is 4.00. The van der Waals surface area contributed by atoms with Crippen molar-refractivity contribution in [1.82, 2.24) is 9.97 Å². The minimum absolute atomic E-state index is 0.130. The van der Waals surface area contributed by atoms with Gasteiger partial charge in [0.1, 0.15) is 0 Å². The maximum atomic E-state index is 13.3. The summed E-state index contributed by atoms with van der Waals surface area (Å²) < 4.78 is 0. The van der Waals surface area contributed by atoms with Crippen molar-refractivity contribution in [2.75, 3.05) is 0 Å². The van der Waals surface area contributed by atoms with Crippen LogP contribution in [-0.2, 0) is 4.79 Å². The van der Waals surface area contributed by atoms with Gasteiger partial charge in [0, 0.05) is 38.3 Å². The molecular weight excluding hydrogens is 396 g/mol. The number of benzene rings is 2. The molecule has 1 aliphatic carbocycles. The van der Waals surface area contributed by atoms with Crippen molar-refractivity contribution < 1.29 is 15.0 Å². The van der Waals surface area contributed by atoms with Crippen LogP contribution < -0.4 is 10.9 Å². The zero-order valence-corrected chi connectivity index (χ0v) is 16.5. The van der Waals surface area contributed by atoms with Gasteiger partial charge in [-0.05, 0) is 37.3 Å². The zero-order valence-electron chi connectivity index (χ0n) is 16.5. The summed E-state index contributed by atoms with van der Waals surface area (Å²) in [5.41, 5.74) is 1.00. The van der Waals surface area contributed by atoms with E-state index in [9.17, 15) is 24.6 Å². The number of para-hydroxylation sites is 1. The van der Waals surface area contributed by atoms with Crippen LogP contribution in [0.4, 0.5) is 0 Å². The van der Waals surface area contributed by atoms with Gasteiger partial charge in [-0.2, -0.15) is 0 Å². The second kappa shape index (κ2) is 6.52. The number of aromatic nitrogens is 2. The van der Waals surface area contributed by atoms with Crippen LogP contribution in [-0.4, -0.2) is 32.3 Å². The molecule has 0 spiro atoms. The first-order valence-electron chi connectivity index (χ1n) is 9.72. The monoisotopic (exact) mass is 414 g/mol. The van der Waals surface area contributed by atoms with E-state index in [0.717, 1.165) is 0 Å². The average molecular weight is 414 g/mol. The van der Waals surface area contributed by atoms with E-state index in [1.54, 1.807) is 43.3 Å². The number of carboxylic acids is 1. The Labute approximate surface area is 175 Å². The highest BCUT2D eigenvalue weighted by Crippen LogP contribution is 2.31. The number of aliphatic carboxylic acids is 1. The summed E-state index contributed by atoms with van der Waals surface area (Å²) in [4.78, 5) is 43.9. The standard InChI is InChI=1S/C24H18N2O5/c1-24(22(29)23(30)31)8-6-13-17(7-9-24)26-19-10-14-18(11-15(19)21(13)28)25-16-5-3-2-4-12(16)20(14)27/h2-11,22,29H,1H3,(H,25,27)(H,26,28)(H,30,31). The molecule has 0 fully saturated rings. The van der Waals surface area contributed by atoms with Gasteiger partial charge in [-0.25, -0.2) is 4.79 Å². The van der Waals surface area contributed by atoms with Gasteiger partial charge < -0.3 is 20.2 Å². The number of rotatable bonds is 2. The van der Waals surface area contributed by atoms with Crippen LogP contribution in [0.5, 0.6) is 0 Å². The van der Waals surface area contributed by atoms with Gasteiger partial charge in [0.05, 0.1) is 11.0 Å². The quantitative estimate of drug-likeness (QED) is 0.376. The lowest BCUT2D eigenvalue weighted by Gasteiger charge is -2.24. The number of fused-ring (bicyclic) bond motifs is 4. The second-order valence-electron chi connectivity index (χ2n) is 8.00. The molecule has 4 aromatic rings. The molecule has 2 heterocycles. The Hall–Kier alpha value is -3.97. The Morgan fingerprint density at radius 1 is 0.903 bits per heavy atom. The summed E-state index contributed by atoms with van der Waals surface area (Å²) in [5.74, 6) is -1.35. The molecule has 0 radical (unpaired) electrons. The third kappa shape index (κ3) is 2.82. The van der Waals surface area contributed by atoms with Gasteiger partial charge in [0.2, 0.25) is 0 Å². The number of aromatic amines is 2. The predicted molar refractivity (Wildman–Crippen MR) is 120 cm³/mol. The molecule has 31 heavy (non-hydrogen) atoms. The molecule has 5 rings (SSSR count). The fraction of sp³-hybridized carbons (Fsp3) is 0.125. The highest BCUT2D eigenvalue weighted by molar-refractivity contribution is 6.00. The molecule has 7 heteroatoms. The number of hydrogen-bond donors (Lipinski definition) is 4. The van der Waals surface area contributed by atoms with Gasteiger partial charge in [-0.1, -0.05) is 30.4 Å². The number of pyridine rings is 2. The van der Waals surface area contributed by atoms with Crippen molar-refractivity contribution in [3.05, 3.63) is 80.3 Å². The molecule has 2 atom stereocenters. The number of aliphatic hydroxyl groups is 1. The Bertz CT molecular complexity index is 1590. The number of H-pyrrole nitrogens is 2. The van der Waals surface area contributed by atoms with Crippen molar-refractivity contribution >= 4 is 50.8 Å². The summed E-state index contributed by atoms with van der Waals surface area (Å²) in [7, 11) is 0. The lowest BCUT2D eigenvalue weighted by molar-refractivity contribution is -0.150. The van der Waals surface area contributed by atoms with Gasteiger partial charge in [0.15, 0.2) is 17.0 Å². The number of aliphatic hydroxyl groups excluding tert-OH is 1. The molecule has 0 saturated heterocycles. The molecule has 7 nitrogen and oxygen atoms in total. The maximum Gasteiger partial charge on any atom is 0.333 e. The SMILES string of the molecule is CC1(C(O)C(=O)O)C=Cc2[nH]c3cc4c(=O)c5ccccc5[nH]c4cc3c(=O)c2C=C1. The van der Waals surface area contributed by atoms with Crippen molar-refractivity contribution in [3.63, 3.8) is 0 Å². The summed E-state index contributed by atoms with van der Waals surface area (Å²) in [6.07, 6.45) is 4.54. The van der Waals surface area contributed by atoms with E-state index < -0.39 is 17.5 Å². The molecule has 0 amide bonds. The Morgan fingerprint density at radius 3 is 2.29 bits per heavy atom. The maximum absolute atomic E-state index is 13.3. The molecule has 2 aromatic heterocycles. The molecule has 0 saturated carbocycles. The van der Waals surface area contributed by atoms with E-state index >= 15 is 0 Å². The van der Waals surface area contributed by atoms with Crippen molar-refractivity contribution in [3.8, 4) is 0 Å². The minimum Gasteiger partial charge on any atom is -0.479 e.